The van der Waals surface area contributed by atoms with Gasteiger partial charge in [-0.25, -0.2) is 4.39 Å². The first-order valence-electron chi connectivity index (χ1n) is 7.16. The van der Waals surface area contributed by atoms with Crippen LogP contribution in [0.5, 0.6) is 0 Å². The van der Waals surface area contributed by atoms with E-state index in [1.165, 1.54) is 18.3 Å². The standard InChI is InChI=1S/C17H10Cl2FN4/c18-10-4-5-12-14(15(10)19)17(16-11(20)3-1-6-22-16)23-9-13-21-7-2-8-24(12)13/h1-8H,9H2/q+1. The Hall–Kier alpha value is -2.37. The van der Waals surface area contributed by atoms with Gasteiger partial charge in [0.15, 0.2) is 5.82 Å². The third kappa shape index (κ3) is 2.37. The van der Waals surface area contributed by atoms with Crippen molar-refractivity contribution in [2.75, 3.05) is 0 Å². The topological polar surface area (TPSA) is 42.0 Å². The van der Waals surface area contributed by atoms with Crippen LogP contribution < -0.4 is 4.57 Å². The Morgan fingerprint density at radius 2 is 1.88 bits per heavy atom. The highest BCUT2D eigenvalue weighted by Gasteiger charge is 2.29. The van der Waals surface area contributed by atoms with Crippen LogP contribution in [0.4, 0.5) is 4.39 Å². The smallest absolute Gasteiger partial charge is 0.269 e. The zero-order valence-corrected chi connectivity index (χ0v) is 13.8. The van der Waals surface area contributed by atoms with Crippen molar-refractivity contribution >= 4 is 28.9 Å². The van der Waals surface area contributed by atoms with Crippen molar-refractivity contribution in [2.24, 2.45) is 4.99 Å². The predicted molar refractivity (Wildman–Crippen MR) is 89.3 cm³/mol. The molecule has 0 fully saturated rings. The number of rotatable bonds is 1. The lowest BCUT2D eigenvalue weighted by atomic mass is 10.0. The molecule has 118 valence electrons. The number of hydrogen-bond acceptors (Lipinski definition) is 3. The molecule has 0 saturated carbocycles. The van der Waals surface area contributed by atoms with Crippen molar-refractivity contribution in [2.45, 2.75) is 6.54 Å². The first-order valence-corrected chi connectivity index (χ1v) is 7.92. The minimum absolute atomic E-state index is 0.135. The van der Waals surface area contributed by atoms with E-state index >= 15 is 0 Å². The first kappa shape index (κ1) is 15.2. The molecule has 3 aromatic rings. The fraction of sp³-hybridized carbons (Fsp3) is 0.0588. The minimum Gasteiger partial charge on any atom is -0.269 e. The van der Waals surface area contributed by atoms with Crippen LogP contribution >= 0.6 is 23.2 Å². The molecule has 4 rings (SSSR count). The summed E-state index contributed by atoms with van der Waals surface area (Å²) in [4.78, 5) is 13.0. The van der Waals surface area contributed by atoms with Gasteiger partial charge in [0, 0.05) is 12.3 Å². The van der Waals surface area contributed by atoms with E-state index in [2.05, 4.69) is 15.0 Å². The Labute approximate surface area is 147 Å². The van der Waals surface area contributed by atoms with Gasteiger partial charge in [-0.1, -0.05) is 28.2 Å². The summed E-state index contributed by atoms with van der Waals surface area (Å²) >= 11 is 12.6. The van der Waals surface area contributed by atoms with Crippen molar-refractivity contribution in [3.8, 4) is 5.69 Å². The van der Waals surface area contributed by atoms with Crippen LogP contribution in [0, 0.1) is 5.82 Å². The van der Waals surface area contributed by atoms with E-state index in [-0.39, 0.29) is 12.2 Å². The maximum Gasteiger partial charge on any atom is 0.324 e. The second-order valence-corrected chi connectivity index (χ2v) is 5.95. The molecule has 0 atom stereocenters. The summed E-state index contributed by atoms with van der Waals surface area (Å²) in [5.74, 6) is 0.241. The van der Waals surface area contributed by atoms with Crippen LogP contribution in [0.2, 0.25) is 10.0 Å². The maximum absolute atomic E-state index is 14.3. The number of pyridine rings is 1. The van der Waals surface area contributed by atoms with Gasteiger partial charge in [-0.2, -0.15) is 4.57 Å². The van der Waals surface area contributed by atoms with Gasteiger partial charge in [-0.15, -0.1) is 0 Å². The number of hydrogen-bond donors (Lipinski definition) is 0. The molecule has 0 amide bonds. The zero-order valence-electron chi connectivity index (χ0n) is 12.2. The molecule has 0 radical (unpaired) electrons. The van der Waals surface area contributed by atoms with Gasteiger partial charge in [0.1, 0.15) is 30.3 Å². The lowest BCUT2D eigenvalue weighted by molar-refractivity contribution is -0.607. The number of nitrogens with zero attached hydrogens (tertiary/aromatic N) is 4. The molecule has 0 N–H and O–H groups in total. The third-order valence-corrected chi connectivity index (χ3v) is 4.56. The summed E-state index contributed by atoms with van der Waals surface area (Å²) in [5.41, 5.74) is 1.77. The molecule has 0 bridgehead atoms. The van der Waals surface area contributed by atoms with Gasteiger partial charge in [0.05, 0.1) is 21.3 Å². The Morgan fingerprint density at radius 3 is 2.71 bits per heavy atom. The van der Waals surface area contributed by atoms with E-state index < -0.39 is 5.82 Å². The van der Waals surface area contributed by atoms with Gasteiger partial charge in [-0.3, -0.25) is 9.98 Å². The van der Waals surface area contributed by atoms with Crippen molar-refractivity contribution in [3.63, 3.8) is 0 Å². The fourth-order valence-corrected chi connectivity index (χ4v) is 3.09. The summed E-state index contributed by atoms with van der Waals surface area (Å²) in [5, 5.41) is 0.676. The maximum atomic E-state index is 14.3. The molecule has 4 nitrogen and oxygen atoms in total. The summed E-state index contributed by atoms with van der Waals surface area (Å²) in [6.45, 7) is 0.273. The molecule has 24 heavy (non-hydrogen) atoms. The predicted octanol–water partition coefficient (Wildman–Crippen LogP) is 3.55. The molecule has 0 aliphatic carbocycles. The van der Waals surface area contributed by atoms with Crippen LogP contribution in [0.3, 0.4) is 0 Å². The molecule has 0 spiro atoms. The lowest BCUT2D eigenvalue weighted by Gasteiger charge is -2.11. The van der Waals surface area contributed by atoms with Crippen molar-refractivity contribution in [3.05, 3.63) is 81.9 Å². The molecule has 0 saturated heterocycles. The van der Waals surface area contributed by atoms with E-state index in [1.54, 1.807) is 12.3 Å². The highest BCUT2D eigenvalue weighted by atomic mass is 35.5. The van der Waals surface area contributed by atoms with Gasteiger partial charge in [-0.05, 0) is 24.3 Å². The number of fused-ring (bicyclic) bond motifs is 3. The molecule has 0 unspecified atom stereocenters. The molecule has 1 aromatic carbocycles. The summed E-state index contributed by atoms with van der Waals surface area (Å²) in [7, 11) is 0. The molecule has 1 aliphatic rings. The second-order valence-electron chi connectivity index (χ2n) is 5.16. The third-order valence-electron chi connectivity index (χ3n) is 3.75. The molecule has 1 aliphatic heterocycles. The van der Waals surface area contributed by atoms with E-state index in [4.69, 9.17) is 23.2 Å². The Balaban J connectivity index is 2.07. The number of aromatic nitrogens is 3. The molecule has 7 heteroatoms. The number of halogens is 3. The van der Waals surface area contributed by atoms with E-state index in [1.807, 2.05) is 22.9 Å². The summed E-state index contributed by atoms with van der Waals surface area (Å²) < 4.78 is 16.2. The van der Waals surface area contributed by atoms with E-state index in [9.17, 15) is 4.39 Å². The average Bonchev–Trinajstić information content (AvgIpc) is 2.76. The quantitative estimate of drug-likeness (QED) is 0.623. The molecular formula is C17H10Cl2FN4+. The zero-order chi connectivity index (χ0) is 16.7. The number of benzene rings is 1. The second kappa shape index (κ2) is 5.92. The van der Waals surface area contributed by atoms with Crippen LogP contribution in [-0.2, 0) is 6.54 Å². The van der Waals surface area contributed by atoms with Crippen LogP contribution in [0.1, 0.15) is 17.1 Å². The molecule has 2 aromatic heterocycles. The van der Waals surface area contributed by atoms with Gasteiger partial charge in [0.25, 0.3) is 0 Å². The Kier molecular flexibility index (Phi) is 3.75. The Bertz CT molecular complexity index is 988. The number of aliphatic imine (C=N–C) groups is 1. The summed E-state index contributed by atoms with van der Waals surface area (Å²) in [6.07, 6.45) is 5.06. The highest BCUT2D eigenvalue weighted by Crippen LogP contribution is 2.32. The molecule has 3 heterocycles. The van der Waals surface area contributed by atoms with Crippen LogP contribution in [0.15, 0.2) is 53.9 Å². The fourth-order valence-electron chi connectivity index (χ4n) is 2.69. The van der Waals surface area contributed by atoms with Gasteiger partial charge >= 0.3 is 5.82 Å². The normalized spacial score (nSPS) is 12.9. The first-order chi connectivity index (χ1) is 11.7. The van der Waals surface area contributed by atoms with Gasteiger partial charge in [0.2, 0.25) is 0 Å². The Morgan fingerprint density at radius 1 is 1.04 bits per heavy atom. The summed E-state index contributed by atoms with van der Waals surface area (Å²) in [6, 6.07) is 8.19. The lowest BCUT2D eigenvalue weighted by Crippen LogP contribution is -2.37. The van der Waals surface area contributed by atoms with Crippen molar-refractivity contribution in [1.82, 2.24) is 9.97 Å². The minimum atomic E-state index is -0.470. The SMILES string of the molecule is Fc1cccnc1C1=NCc2nccc[n+]2-c2ccc(Cl)c(Cl)c21. The monoisotopic (exact) mass is 359 g/mol. The van der Waals surface area contributed by atoms with E-state index in [0.717, 1.165) is 5.69 Å². The van der Waals surface area contributed by atoms with E-state index in [0.29, 0.717) is 27.1 Å². The van der Waals surface area contributed by atoms with Crippen LogP contribution in [-0.4, -0.2) is 15.7 Å². The highest BCUT2D eigenvalue weighted by molar-refractivity contribution is 6.45. The molecular weight excluding hydrogens is 350 g/mol. The van der Waals surface area contributed by atoms with Crippen LogP contribution in [0.25, 0.3) is 5.69 Å². The average molecular weight is 360 g/mol. The van der Waals surface area contributed by atoms with Crippen molar-refractivity contribution < 1.29 is 8.96 Å². The van der Waals surface area contributed by atoms with Gasteiger partial charge < -0.3 is 0 Å². The van der Waals surface area contributed by atoms with Crippen molar-refractivity contribution in [1.29, 1.82) is 0 Å². The largest absolute Gasteiger partial charge is 0.324 e.